The number of ether oxygens (including phenoxy) is 1. The molecular weight excluding hydrogens is 224 g/mol. The van der Waals surface area contributed by atoms with Crippen molar-refractivity contribution in [2.24, 2.45) is 0 Å². The predicted octanol–water partition coefficient (Wildman–Crippen LogP) is 3.43. The highest BCUT2D eigenvalue weighted by Gasteiger charge is 2.01. The summed E-state index contributed by atoms with van der Waals surface area (Å²) in [6, 6.07) is 7.72. The highest BCUT2D eigenvalue weighted by atomic mass is 35.5. The molecule has 0 fully saturated rings. The maximum Gasteiger partial charge on any atom is 0.165 e. The number of aromatic nitrogens is 2. The van der Waals surface area contributed by atoms with Crippen LogP contribution in [0.4, 0.5) is 0 Å². The third-order valence-electron chi connectivity index (χ3n) is 2.22. The lowest BCUT2D eigenvalue weighted by Gasteiger charge is -2.03. The standard InChI is InChI=1S/C12H13ClN2O/c1-2-15-9-12(8-14-15)16-11-5-3-4-10(6-11)7-13/h3-6,8-9H,2,7H2,1H3. The second kappa shape index (κ2) is 5.03. The van der Waals surface area contributed by atoms with Crippen molar-refractivity contribution >= 4 is 11.6 Å². The van der Waals surface area contributed by atoms with E-state index >= 15 is 0 Å². The van der Waals surface area contributed by atoms with Crippen LogP contribution < -0.4 is 4.74 Å². The zero-order valence-corrected chi connectivity index (χ0v) is 9.81. The normalized spacial score (nSPS) is 10.4. The van der Waals surface area contributed by atoms with Crippen LogP contribution in [0.1, 0.15) is 12.5 Å². The molecule has 2 aromatic rings. The molecule has 0 aliphatic rings. The van der Waals surface area contributed by atoms with E-state index in [0.29, 0.717) is 5.88 Å². The molecule has 2 rings (SSSR count). The lowest BCUT2D eigenvalue weighted by Crippen LogP contribution is -1.92. The lowest BCUT2D eigenvalue weighted by molar-refractivity contribution is 0.481. The number of rotatable bonds is 4. The van der Waals surface area contributed by atoms with Crippen molar-refractivity contribution in [3.8, 4) is 11.5 Å². The van der Waals surface area contributed by atoms with Crippen molar-refractivity contribution in [2.75, 3.05) is 0 Å². The minimum Gasteiger partial charge on any atom is -0.454 e. The minimum atomic E-state index is 0.491. The zero-order valence-electron chi connectivity index (χ0n) is 9.06. The number of nitrogens with zero attached hydrogens (tertiary/aromatic N) is 2. The van der Waals surface area contributed by atoms with Crippen molar-refractivity contribution in [1.82, 2.24) is 9.78 Å². The van der Waals surface area contributed by atoms with Gasteiger partial charge in [-0.05, 0) is 24.6 Å². The summed E-state index contributed by atoms with van der Waals surface area (Å²) in [5, 5.41) is 4.14. The van der Waals surface area contributed by atoms with Gasteiger partial charge in [0.25, 0.3) is 0 Å². The van der Waals surface area contributed by atoms with Gasteiger partial charge in [-0.25, -0.2) is 0 Å². The summed E-state index contributed by atoms with van der Waals surface area (Å²) in [7, 11) is 0. The third kappa shape index (κ3) is 2.55. The lowest BCUT2D eigenvalue weighted by atomic mass is 10.2. The molecule has 0 saturated carbocycles. The molecule has 0 aliphatic carbocycles. The molecule has 0 saturated heterocycles. The predicted molar refractivity (Wildman–Crippen MR) is 64.0 cm³/mol. The fraction of sp³-hybridized carbons (Fsp3) is 0.250. The fourth-order valence-corrected chi connectivity index (χ4v) is 1.56. The summed E-state index contributed by atoms with van der Waals surface area (Å²) in [6.07, 6.45) is 3.57. The first kappa shape index (κ1) is 11.0. The van der Waals surface area contributed by atoms with Crippen molar-refractivity contribution in [3.63, 3.8) is 0 Å². The Morgan fingerprint density at radius 3 is 2.94 bits per heavy atom. The fourth-order valence-electron chi connectivity index (χ4n) is 1.40. The van der Waals surface area contributed by atoms with Gasteiger partial charge in [-0.3, -0.25) is 4.68 Å². The minimum absolute atomic E-state index is 0.491. The number of alkyl halides is 1. The summed E-state index contributed by atoms with van der Waals surface area (Å²) in [5.74, 6) is 2.02. The molecule has 16 heavy (non-hydrogen) atoms. The topological polar surface area (TPSA) is 27.1 Å². The SMILES string of the molecule is CCn1cc(Oc2cccc(CCl)c2)cn1. The average molecular weight is 237 g/mol. The first-order valence-electron chi connectivity index (χ1n) is 5.17. The van der Waals surface area contributed by atoms with Gasteiger partial charge in [0.2, 0.25) is 0 Å². The summed E-state index contributed by atoms with van der Waals surface area (Å²) in [4.78, 5) is 0. The summed E-state index contributed by atoms with van der Waals surface area (Å²) in [5.41, 5.74) is 1.04. The molecule has 0 atom stereocenters. The van der Waals surface area contributed by atoms with Crippen LogP contribution >= 0.6 is 11.6 Å². The van der Waals surface area contributed by atoms with E-state index in [9.17, 15) is 0 Å². The largest absolute Gasteiger partial charge is 0.454 e. The van der Waals surface area contributed by atoms with E-state index in [1.54, 1.807) is 6.20 Å². The summed E-state index contributed by atoms with van der Waals surface area (Å²) >= 11 is 5.76. The van der Waals surface area contributed by atoms with Crippen LogP contribution in [0.3, 0.4) is 0 Å². The van der Waals surface area contributed by atoms with E-state index < -0.39 is 0 Å². The average Bonchev–Trinajstić information content (AvgIpc) is 2.77. The molecule has 1 aromatic heterocycles. The summed E-state index contributed by atoms with van der Waals surface area (Å²) in [6.45, 7) is 2.87. The van der Waals surface area contributed by atoms with Gasteiger partial charge in [0.1, 0.15) is 5.75 Å². The Balaban J connectivity index is 2.13. The van der Waals surface area contributed by atoms with Gasteiger partial charge in [0.15, 0.2) is 5.75 Å². The Bertz CT molecular complexity index is 468. The maximum absolute atomic E-state index is 5.76. The Hall–Kier alpha value is -1.48. The zero-order chi connectivity index (χ0) is 11.4. The number of halogens is 1. The van der Waals surface area contributed by atoms with Gasteiger partial charge in [0.05, 0.1) is 12.4 Å². The van der Waals surface area contributed by atoms with Gasteiger partial charge in [-0.15, -0.1) is 11.6 Å². The molecule has 0 aliphatic heterocycles. The van der Waals surface area contributed by atoms with Crippen LogP contribution in [0.2, 0.25) is 0 Å². The van der Waals surface area contributed by atoms with E-state index in [2.05, 4.69) is 5.10 Å². The van der Waals surface area contributed by atoms with E-state index in [1.165, 1.54) is 0 Å². The van der Waals surface area contributed by atoms with Crippen LogP contribution in [0.15, 0.2) is 36.7 Å². The van der Waals surface area contributed by atoms with E-state index in [4.69, 9.17) is 16.3 Å². The summed E-state index contributed by atoms with van der Waals surface area (Å²) < 4.78 is 7.48. The first-order valence-corrected chi connectivity index (χ1v) is 5.70. The van der Waals surface area contributed by atoms with E-state index in [1.807, 2.05) is 42.1 Å². The van der Waals surface area contributed by atoms with Crippen LogP contribution in [-0.2, 0) is 12.4 Å². The van der Waals surface area contributed by atoms with Gasteiger partial charge in [-0.2, -0.15) is 5.10 Å². The van der Waals surface area contributed by atoms with E-state index in [-0.39, 0.29) is 0 Å². The molecule has 0 unspecified atom stereocenters. The van der Waals surface area contributed by atoms with Crippen molar-refractivity contribution in [3.05, 3.63) is 42.2 Å². The number of hydrogen-bond donors (Lipinski definition) is 0. The molecule has 1 heterocycles. The number of hydrogen-bond acceptors (Lipinski definition) is 2. The van der Waals surface area contributed by atoms with Gasteiger partial charge < -0.3 is 4.74 Å². The van der Waals surface area contributed by atoms with Gasteiger partial charge >= 0.3 is 0 Å². The quantitative estimate of drug-likeness (QED) is 0.761. The monoisotopic (exact) mass is 236 g/mol. The molecule has 0 spiro atoms. The Labute approximate surface area is 99.6 Å². The first-order chi connectivity index (χ1) is 7.81. The van der Waals surface area contributed by atoms with E-state index in [0.717, 1.165) is 23.6 Å². The van der Waals surface area contributed by atoms with Gasteiger partial charge in [-0.1, -0.05) is 12.1 Å². The number of benzene rings is 1. The van der Waals surface area contributed by atoms with Crippen LogP contribution in [0.25, 0.3) is 0 Å². The Morgan fingerprint density at radius 2 is 2.25 bits per heavy atom. The Kier molecular flexibility index (Phi) is 3.47. The smallest absolute Gasteiger partial charge is 0.165 e. The van der Waals surface area contributed by atoms with Gasteiger partial charge in [0, 0.05) is 12.4 Å². The molecule has 0 radical (unpaired) electrons. The highest BCUT2D eigenvalue weighted by molar-refractivity contribution is 6.17. The van der Waals surface area contributed by atoms with Crippen LogP contribution in [0.5, 0.6) is 11.5 Å². The molecule has 1 aromatic carbocycles. The Morgan fingerprint density at radius 1 is 1.38 bits per heavy atom. The molecule has 3 nitrogen and oxygen atoms in total. The molecule has 0 amide bonds. The maximum atomic E-state index is 5.76. The van der Waals surface area contributed by atoms with Crippen LogP contribution in [0, 0.1) is 0 Å². The van der Waals surface area contributed by atoms with Crippen molar-refractivity contribution in [1.29, 1.82) is 0 Å². The molecule has 0 N–H and O–H groups in total. The molecule has 84 valence electrons. The molecule has 0 bridgehead atoms. The van der Waals surface area contributed by atoms with Crippen molar-refractivity contribution in [2.45, 2.75) is 19.3 Å². The second-order valence-corrected chi connectivity index (χ2v) is 3.68. The second-order valence-electron chi connectivity index (χ2n) is 3.41. The molecular formula is C12H13ClN2O. The number of aryl methyl sites for hydroxylation is 1. The molecule has 4 heteroatoms. The van der Waals surface area contributed by atoms with Crippen molar-refractivity contribution < 1.29 is 4.74 Å². The third-order valence-corrected chi connectivity index (χ3v) is 2.53. The van der Waals surface area contributed by atoms with Crippen LogP contribution in [-0.4, -0.2) is 9.78 Å². The highest BCUT2D eigenvalue weighted by Crippen LogP contribution is 2.22.